The normalized spacial score (nSPS) is 16.6. The number of nitrogens with zero attached hydrogens (tertiary/aromatic N) is 3. The Labute approximate surface area is 210 Å². The summed E-state index contributed by atoms with van der Waals surface area (Å²) >= 11 is 5.95. The van der Waals surface area contributed by atoms with E-state index in [1.54, 1.807) is 30.3 Å². The van der Waals surface area contributed by atoms with Crippen molar-refractivity contribution in [1.82, 2.24) is 20.4 Å². The van der Waals surface area contributed by atoms with Crippen LogP contribution in [0.4, 0.5) is 5.69 Å². The smallest absolute Gasteiger partial charge is 0.253 e. The zero-order valence-corrected chi connectivity index (χ0v) is 20.9. The van der Waals surface area contributed by atoms with E-state index in [1.165, 1.54) is 0 Å². The van der Waals surface area contributed by atoms with Crippen LogP contribution in [-0.4, -0.2) is 45.5 Å². The van der Waals surface area contributed by atoms with Crippen molar-refractivity contribution >= 4 is 29.1 Å². The van der Waals surface area contributed by atoms with E-state index >= 15 is 0 Å². The molecule has 3 aromatic rings. The summed E-state index contributed by atoms with van der Waals surface area (Å²) in [6.07, 6.45) is 1.65. The van der Waals surface area contributed by atoms with Crippen molar-refractivity contribution in [3.63, 3.8) is 0 Å². The number of nitrogens with one attached hydrogen (secondary N) is 2. The molecular weight excluding hydrogens is 466 g/mol. The number of likely N-dealkylation sites (tertiary alicyclic amines) is 1. The van der Waals surface area contributed by atoms with Crippen LogP contribution in [-0.2, 0) is 11.3 Å². The van der Waals surface area contributed by atoms with Gasteiger partial charge < -0.3 is 15.2 Å². The maximum absolute atomic E-state index is 13.1. The van der Waals surface area contributed by atoms with Crippen LogP contribution in [0.5, 0.6) is 0 Å². The first-order valence-electron chi connectivity index (χ1n) is 11.7. The molecule has 1 aliphatic rings. The van der Waals surface area contributed by atoms with Crippen molar-refractivity contribution in [2.24, 2.45) is 5.92 Å². The minimum Gasteiger partial charge on any atom is -0.347 e. The predicted octanol–water partition coefficient (Wildman–Crippen LogP) is 4.77. The number of hydrogen-bond acceptors (Lipinski definition) is 6. The molecule has 8 nitrogen and oxygen atoms in total. The van der Waals surface area contributed by atoms with Gasteiger partial charge in [0.15, 0.2) is 0 Å². The molecule has 184 valence electrons. The Bertz CT molecular complexity index is 1190. The van der Waals surface area contributed by atoms with E-state index < -0.39 is 0 Å². The van der Waals surface area contributed by atoms with Crippen molar-refractivity contribution < 1.29 is 14.1 Å². The standard InChI is InChI=1S/C26H30ClN5O3/c1-26(2,3)30-25(34)20-8-4-5-9-21(20)28-24(33)18-7-6-14-32(15-18)16-22-29-23(31-35-22)17-10-12-19(27)13-11-17/h4-5,8-13,18H,6-7,14-16H2,1-3H3,(H,28,33)(H,30,34). The van der Waals surface area contributed by atoms with Gasteiger partial charge in [0.05, 0.1) is 23.7 Å². The lowest BCUT2D eigenvalue weighted by Gasteiger charge is -2.31. The highest BCUT2D eigenvalue weighted by Gasteiger charge is 2.28. The van der Waals surface area contributed by atoms with Crippen LogP contribution in [0.25, 0.3) is 11.4 Å². The molecule has 4 rings (SSSR count). The van der Waals surface area contributed by atoms with Crippen LogP contribution in [0.1, 0.15) is 49.9 Å². The lowest BCUT2D eigenvalue weighted by Crippen LogP contribution is -2.42. The summed E-state index contributed by atoms with van der Waals surface area (Å²) in [7, 11) is 0. The Balaban J connectivity index is 1.38. The number of carbonyl (C=O) groups is 2. The van der Waals surface area contributed by atoms with E-state index in [9.17, 15) is 9.59 Å². The minimum atomic E-state index is -0.375. The number of piperidine rings is 1. The van der Waals surface area contributed by atoms with Gasteiger partial charge in [-0.1, -0.05) is 28.9 Å². The van der Waals surface area contributed by atoms with Crippen LogP contribution >= 0.6 is 11.6 Å². The molecule has 1 atom stereocenters. The topological polar surface area (TPSA) is 100 Å². The molecule has 0 aliphatic carbocycles. The molecule has 0 radical (unpaired) electrons. The molecule has 1 unspecified atom stereocenters. The molecule has 2 aromatic carbocycles. The monoisotopic (exact) mass is 495 g/mol. The molecule has 1 saturated heterocycles. The van der Waals surface area contributed by atoms with Gasteiger partial charge in [0.25, 0.3) is 5.91 Å². The van der Waals surface area contributed by atoms with Crippen molar-refractivity contribution in [2.75, 3.05) is 18.4 Å². The average molecular weight is 496 g/mol. The maximum Gasteiger partial charge on any atom is 0.253 e. The van der Waals surface area contributed by atoms with Crippen molar-refractivity contribution in [1.29, 1.82) is 0 Å². The lowest BCUT2D eigenvalue weighted by atomic mass is 9.96. The molecule has 1 aromatic heterocycles. The molecule has 0 spiro atoms. The summed E-state index contributed by atoms with van der Waals surface area (Å²) in [5.41, 5.74) is 1.42. The van der Waals surface area contributed by atoms with Gasteiger partial charge >= 0.3 is 0 Å². The number of hydrogen-bond donors (Lipinski definition) is 2. The summed E-state index contributed by atoms with van der Waals surface area (Å²) in [5.74, 6) is 0.485. The van der Waals surface area contributed by atoms with Gasteiger partial charge in [0, 0.05) is 22.7 Å². The van der Waals surface area contributed by atoms with E-state index in [-0.39, 0.29) is 23.3 Å². The van der Waals surface area contributed by atoms with Crippen LogP contribution in [0.2, 0.25) is 5.02 Å². The summed E-state index contributed by atoms with van der Waals surface area (Å²) in [4.78, 5) is 32.5. The first kappa shape index (κ1) is 24.9. The molecule has 2 N–H and O–H groups in total. The Morgan fingerprint density at radius 1 is 1.14 bits per heavy atom. The number of benzene rings is 2. The zero-order chi connectivity index (χ0) is 25.0. The quantitative estimate of drug-likeness (QED) is 0.511. The molecule has 9 heteroatoms. The van der Waals surface area contributed by atoms with E-state index in [0.717, 1.165) is 24.9 Å². The van der Waals surface area contributed by atoms with Crippen molar-refractivity contribution in [3.8, 4) is 11.4 Å². The number of amides is 2. The van der Waals surface area contributed by atoms with Crippen molar-refractivity contribution in [2.45, 2.75) is 45.7 Å². The summed E-state index contributed by atoms with van der Waals surface area (Å²) < 4.78 is 5.44. The number of aromatic nitrogens is 2. The van der Waals surface area contributed by atoms with Crippen LogP contribution in [0, 0.1) is 5.92 Å². The fourth-order valence-corrected chi connectivity index (χ4v) is 4.20. The van der Waals surface area contributed by atoms with Gasteiger partial charge in [-0.15, -0.1) is 0 Å². The summed E-state index contributed by atoms with van der Waals surface area (Å²) in [6.45, 7) is 7.64. The van der Waals surface area contributed by atoms with Gasteiger partial charge in [-0.3, -0.25) is 14.5 Å². The fourth-order valence-electron chi connectivity index (χ4n) is 4.07. The molecule has 1 fully saturated rings. The first-order chi connectivity index (χ1) is 16.7. The fraction of sp³-hybridized carbons (Fsp3) is 0.385. The van der Waals surface area contributed by atoms with Crippen LogP contribution < -0.4 is 10.6 Å². The largest absolute Gasteiger partial charge is 0.347 e. The molecule has 0 bridgehead atoms. The molecule has 2 heterocycles. The van der Waals surface area contributed by atoms with Gasteiger partial charge in [-0.2, -0.15) is 4.98 Å². The van der Waals surface area contributed by atoms with Gasteiger partial charge in [0.2, 0.25) is 17.6 Å². The number of carbonyl (C=O) groups excluding carboxylic acids is 2. The van der Waals surface area contributed by atoms with Crippen LogP contribution in [0.3, 0.4) is 0 Å². The number of halogens is 1. The predicted molar refractivity (Wildman–Crippen MR) is 135 cm³/mol. The van der Waals surface area contributed by atoms with Gasteiger partial charge in [-0.25, -0.2) is 0 Å². The Kier molecular flexibility index (Phi) is 7.52. The van der Waals surface area contributed by atoms with Gasteiger partial charge in [0.1, 0.15) is 0 Å². The second kappa shape index (κ2) is 10.6. The third kappa shape index (κ3) is 6.68. The molecule has 0 saturated carbocycles. The number of anilines is 1. The highest BCUT2D eigenvalue weighted by molar-refractivity contribution is 6.30. The van der Waals surface area contributed by atoms with Crippen LogP contribution in [0.15, 0.2) is 53.1 Å². The van der Waals surface area contributed by atoms with E-state index in [2.05, 4.69) is 25.7 Å². The Morgan fingerprint density at radius 3 is 2.63 bits per heavy atom. The summed E-state index contributed by atoms with van der Waals surface area (Å²) in [6, 6.07) is 14.3. The Hall–Kier alpha value is -3.23. The molecular formula is C26H30ClN5O3. The second-order valence-corrected chi connectivity index (χ2v) is 10.3. The number of para-hydroxylation sites is 1. The SMILES string of the molecule is CC(C)(C)NC(=O)c1ccccc1NC(=O)C1CCCN(Cc2nc(-c3ccc(Cl)cc3)no2)C1. The third-order valence-corrected chi connectivity index (χ3v) is 5.98. The highest BCUT2D eigenvalue weighted by atomic mass is 35.5. The summed E-state index contributed by atoms with van der Waals surface area (Å²) in [5, 5.41) is 10.6. The lowest BCUT2D eigenvalue weighted by molar-refractivity contribution is -0.121. The first-order valence-corrected chi connectivity index (χ1v) is 12.1. The highest BCUT2D eigenvalue weighted by Crippen LogP contribution is 2.24. The third-order valence-electron chi connectivity index (χ3n) is 5.72. The van der Waals surface area contributed by atoms with Crippen molar-refractivity contribution in [3.05, 3.63) is 65.0 Å². The minimum absolute atomic E-state index is 0.0990. The van der Waals surface area contributed by atoms with E-state index in [0.29, 0.717) is 41.1 Å². The molecule has 1 aliphatic heterocycles. The molecule has 2 amide bonds. The molecule has 35 heavy (non-hydrogen) atoms. The van der Waals surface area contributed by atoms with E-state index in [1.807, 2.05) is 39.0 Å². The van der Waals surface area contributed by atoms with Gasteiger partial charge in [-0.05, 0) is 76.6 Å². The number of rotatable bonds is 6. The van der Waals surface area contributed by atoms with E-state index in [4.69, 9.17) is 16.1 Å². The average Bonchev–Trinajstić information content (AvgIpc) is 3.27. The Morgan fingerprint density at radius 2 is 1.89 bits per heavy atom. The second-order valence-electron chi connectivity index (χ2n) is 9.83. The zero-order valence-electron chi connectivity index (χ0n) is 20.2. The maximum atomic E-state index is 13.1.